The number of likely N-dealkylation sites (N-methyl/N-ethyl adjacent to an activating group) is 1. The number of hydrogen-bond donors (Lipinski definition) is 3. The SMILES string of the molecule is C=CC(=O)Nc1ccccc1Nc1nc(Nc2ccc(N3CCN(C)CC3)cc2)ncc1OCc1ccc(Oc2ccccc2)cc1. The minimum absolute atomic E-state index is 0.277. The molecule has 0 bridgehead atoms. The molecule has 47 heavy (non-hydrogen) atoms. The Balaban J connectivity index is 1.19. The van der Waals surface area contributed by atoms with Crippen molar-refractivity contribution in [2.24, 2.45) is 0 Å². The number of nitrogens with zero attached hydrogens (tertiary/aromatic N) is 4. The van der Waals surface area contributed by atoms with Gasteiger partial charge in [0.05, 0.1) is 17.6 Å². The van der Waals surface area contributed by atoms with E-state index >= 15 is 0 Å². The number of hydrogen-bond acceptors (Lipinski definition) is 9. The first-order valence-electron chi connectivity index (χ1n) is 15.4. The zero-order valence-electron chi connectivity index (χ0n) is 26.2. The Labute approximate surface area is 274 Å². The van der Waals surface area contributed by atoms with Crippen LogP contribution in [0.15, 0.2) is 122 Å². The molecule has 2 heterocycles. The predicted octanol–water partition coefficient (Wildman–Crippen LogP) is 7.21. The fourth-order valence-corrected chi connectivity index (χ4v) is 5.03. The number of carbonyl (C=O) groups is 1. The Hall–Kier alpha value is -5.87. The van der Waals surface area contributed by atoms with Crippen LogP contribution < -0.4 is 30.3 Å². The molecule has 0 spiro atoms. The smallest absolute Gasteiger partial charge is 0.247 e. The molecule has 3 N–H and O–H groups in total. The Kier molecular flexibility index (Phi) is 9.89. The second-order valence-corrected chi connectivity index (χ2v) is 11.1. The van der Waals surface area contributed by atoms with Crippen LogP contribution in [-0.2, 0) is 11.4 Å². The van der Waals surface area contributed by atoms with Crippen molar-refractivity contribution in [2.75, 3.05) is 54.1 Å². The van der Waals surface area contributed by atoms with E-state index in [4.69, 9.17) is 14.5 Å². The van der Waals surface area contributed by atoms with Gasteiger partial charge in [-0.2, -0.15) is 4.98 Å². The zero-order chi connectivity index (χ0) is 32.4. The Morgan fingerprint density at radius 1 is 0.830 bits per heavy atom. The van der Waals surface area contributed by atoms with Gasteiger partial charge in [-0.1, -0.05) is 49.0 Å². The number of nitrogens with one attached hydrogen (secondary N) is 3. The van der Waals surface area contributed by atoms with Crippen LogP contribution in [0.5, 0.6) is 17.2 Å². The highest BCUT2D eigenvalue weighted by Crippen LogP contribution is 2.32. The van der Waals surface area contributed by atoms with Gasteiger partial charge in [-0.05, 0) is 79.4 Å². The fourth-order valence-electron chi connectivity index (χ4n) is 5.03. The molecule has 1 aliphatic rings. The van der Waals surface area contributed by atoms with Crippen LogP contribution >= 0.6 is 0 Å². The molecule has 1 saturated heterocycles. The normalized spacial score (nSPS) is 13.0. The highest BCUT2D eigenvalue weighted by molar-refractivity contribution is 6.01. The van der Waals surface area contributed by atoms with E-state index in [1.54, 1.807) is 12.3 Å². The molecule has 1 aromatic heterocycles. The maximum absolute atomic E-state index is 12.1. The minimum atomic E-state index is -0.319. The summed E-state index contributed by atoms with van der Waals surface area (Å²) < 4.78 is 12.1. The molecule has 0 radical (unpaired) electrons. The molecule has 0 unspecified atom stereocenters. The van der Waals surface area contributed by atoms with Crippen molar-refractivity contribution in [3.05, 3.63) is 128 Å². The van der Waals surface area contributed by atoms with Crippen molar-refractivity contribution in [3.63, 3.8) is 0 Å². The first-order valence-corrected chi connectivity index (χ1v) is 15.4. The third-order valence-electron chi connectivity index (χ3n) is 7.67. The van der Waals surface area contributed by atoms with E-state index in [9.17, 15) is 4.79 Å². The molecule has 1 fully saturated rings. The lowest BCUT2D eigenvalue weighted by Gasteiger charge is -2.34. The topological polar surface area (TPSA) is 104 Å². The number of para-hydroxylation sites is 3. The third kappa shape index (κ3) is 8.44. The third-order valence-corrected chi connectivity index (χ3v) is 7.67. The summed E-state index contributed by atoms with van der Waals surface area (Å²) in [6.07, 6.45) is 2.86. The fraction of sp³-hybridized carbons (Fsp3) is 0.162. The van der Waals surface area contributed by atoms with Crippen LogP contribution in [0.2, 0.25) is 0 Å². The maximum Gasteiger partial charge on any atom is 0.247 e. The molecular weight excluding hydrogens is 590 g/mol. The molecular formula is C37H37N7O3. The number of aromatic nitrogens is 2. The van der Waals surface area contributed by atoms with Gasteiger partial charge in [0.2, 0.25) is 11.9 Å². The number of amides is 1. The summed E-state index contributed by atoms with van der Waals surface area (Å²) in [6, 6.07) is 33.0. The standard InChI is InChI=1S/C37H37N7O3/c1-3-35(45)40-32-11-7-8-12-33(32)41-36-34(46-26-27-13-19-31(20-14-27)47-30-9-5-4-6-10-30)25-38-37(42-36)39-28-15-17-29(18-16-28)44-23-21-43(2)22-24-44/h3-20,25H,1,21-24,26H2,2H3,(H,40,45)(H2,38,39,41,42). The number of benzene rings is 4. The number of rotatable bonds is 12. The molecule has 0 atom stereocenters. The van der Waals surface area contributed by atoms with E-state index in [-0.39, 0.29) is 12.5 Å². The summed E-state index contributed by atoms with van der Waals surface area (Å²) in [5.41, 5.74) is 4.20. The maximum atomic E-state index is 12.1. The van der Waals surface area contributed by atoms with Gasteiger partial charge in [-0.15, -0.1) is 0 Å². The van der Waals surface area contributed by atoms with Crippen molar-refractivity contribution in [1.29, 1.82) is 0 Å². The lowest BCUT2D eigenvalue weighted by molar-refractivity contribution is -0.111. The van der Waals surface area contributed by atoms with Gasteiger partial charge in [0.1, 0.15) is 18.1 Å². The van der Waals surface area contributed by atoms with E-state index in [1.807, 2.05) is 84.9 Å². The molecule has 238 valence electrons. The van der Waals surface area contributed by atoms with Crippen molar-refractivity contribution < 1.29 is 14.3 Å². The average Bonchev–Trinajstić information content (AvgIpc) is 3.10. The molecule has 10 nitrogen and oxygen atoms in total. The van der Waals surface area contributed by atoms with Crippen molar-refractivity contribution >= 4 is 40.4 Å². The van der Waals surface area contributed by atoms with Gasteiger partial charge in [-0.3, -0.25) is 4.79 Å². The monoisotopic (exact) mass is 627 g/mol. The van der Waals surface area contributed by atoms with E-state index < -0.39 is 0 Å². The van der Waals surface area contributed by atoms with Crippen LogP contribution in [0.25, 0.3) is 0 Å². The summed E-state index contributed by atoms with van der Waals surface area (Å²) in [7, 11) is 2.15. The number of carbonyl (C=O) groups excluding carboxylic acids is 1. The second kappa shape index (κ2) is 14.9. The molecule has 1 amide bonds. The quantitative estimate of drug-likeness (QED) is 0.124. The van der Waals surface area contributed by atoms with Crippen LogP contribution in [-0.4, -0.2) is 54.0 Å². The van der Waals surface area contributed by atoms with Gasteiger partial charge in [-0.25, -0.2) is 4.98 Å². The van der Waals surface area contributed by atoms with Gasteiger partial charge in [0.15, 0.2) is 11.6 Å². The van der Waals surface area contributed by atoms with Crippen molar-refractivity contribution in [3.8, 4) is 17.2 Å². The molecule has 4 aromatic carbocycles. The van der Waals surface area contributed by atoms with Crippen molar-refractivity contribution in [1.82, 2.24) is 14.9 Å². The second-order valence-electron chi connectivity index (χ2n) is 11.1. The highest BCUT2D eigenvalue weighted by atomic mass is 16.5. The molecule has 5 aromatic rings. The van der Waals surface area contributed by atoms with E-state index in [0.717, 1.165) is 48.9 Å². The Morgan fingerprint density at radius 2 is 1.51 bits per heavy atom. The summed E-state index contributed by atoms with van der Waals surface area (Å²) in [5, 5.41) is 9.47. The average molecular weight is 628 g/mol. The largest absolute Gasteiger partial charge is 0.483 e. The summed E-state index contributed by atoms with van der Waals surface area (Å²) >= 11 is 0. The number of ether oxygens (including phenoxy) is 2. The van der Waals surface area contributed by atoms with E-state index in [1.165, 1.54) is 11.8 Å². The summed E-state index contributed by atoms with van der Waals surface area (Å²) in [5.74, 6) is 2.45. The first kappa shape index (κ1) is 31.1. The summed E-state index contributed by atoms with van der Waals surface area (Å²) in [4.78, 5) is 26.2. The molecule has 0 aliphatic carbocycles. The molecule has 0 saturated carbocycles. The number of piperazine rings is 1. The van der Waals surface area contributed by atoms with Gasteiger partial charge in [0, 0.05) is 37.6 Å². The molecule has 6 rings (SSSR count). The number of anilines is 6. The Morgan fingerprint density at radius 3 is 2.23 bits per heavy atom. The minimum Gasteiger partial charge on any atom is -0.483 e. The predicted molar refractivity (Wildman–Crippen MR) is 187 cm³/mol. The van der Waals surface area contributed by atoms with Crippen LogP contribution in [0.1, 0.15) is 5.56 Å². The van der Waals surface area contributed by atoms with E-state index in [2.05, 4.69) is 56.5 Å². The van der Waals surface area contributed by atoms with Crippen LogP contribution in [0.3, 0.4) is 0 Å². The van der Waals surface area contributed by atoms with Gasteiger partial charge >= 0.3 is 0 Å². The molecule has 1 aliphatic heterocycles. The van der Waals surface area contributed by atoms with Gasteiger partial charge in [0.25, 0.3) is 0 Å². The zero-order valence-corrected chi connectivity index (χ0v) is 26.2. The highest BCUT2D eigenvalue weighted by Gasteiger charge is 2.15. The lowest BCUT2D eigenvalue weighted by atomic mass is 10.2. The van der Waals surface area contributed by atoms with Crippen LogP contribution in [0, 0.1) is 0 Å². The summed E-state index contributed by atoms with van der Waals surface area (Å²) in [6.45, 7) is 7.94. The molecule has 10 heteroatoms. The first-order chi connectivity index (χ1) is 23.0. The van der Waals surface area contributed by atoms with Crippen LogP contribution in [0.4, 0.5) is 34.5 Å². The Bertz CT molecular complexity index is 1790. The van der Waals surface area contributed by atoms with E-state index in [0.29, 0.717) is 28.9 Å². The van der Waals surface area contributed by atoms with Crippen molar-refractivity contribution in [2.45, 2.75) is 6.61 Å². The van der Waals surface area contributed by atoms with Gasteiger partial charge < -0.3 is 35.2 Å². The lowest BCUT2D eigenvalue weighted by Crippen LogP contribution is -2.44.